The first kappa shape index (κ1) is 41.0. The van der Waals surface area contributed by atoms with Crippen molar-refractivity contribution in [2.24, 2.45) is 13.0 Å². The number of carbonyl (C=O) groups is 2. The number of hydrogen-bond acceptors (Lipinski definition) is 11. The number of fused-ring (bicyclic) bond motifs is 2. The van der Waals surface area contributed by atoms with Gasteiger partial charge in [0, 0.05) is 50.7 Å². The van der Waals surface area contributed by atoms with Gasteiger partial charge in [0.1, 0.15) is 17.0 Å². The van der Waals surface area contributed by atoms with Crippen LogP contribution < -0.4 is 26.8 Å². The average Bonchev–Trinajstić information content (AvgIpc) is 3.68. The lowest BCUT2D eigenvalue weighted by Gasteiger charge is -2.38. The average molecular weight is 840 g/mol. The van der Waals surface area contributed by atoms with Crippen LogP contribution in [0.2, 0.25) is 0 Å². The Hall–Kier alpha value is -6.39. The number of nitrogens with one attached hydrogen (secondary N) is 2. The maximum atomic E-state index is 13.4. The highest BCUT2D eigenvalue weighted by Crippen LogP contribution is 2.33. The number of amides is 2. The summed E-state index contributed by atoms with van der Waals surface area (Å²) in [4.78, 5) is 70.0. The van der Waals surface area contributed by atoms with Crippen LogP contribution in [0.15, 0.2) is 89.1 Å². The molecule has 0 bridgehead atoms. The molecule has 0 radical (unpaired) electrons. The van der Waals surface area contributed by atoms with Gasteiger partial charge in [-0.25, -0.2) is 24.1 Å². The Labute approximate surface area is 358 Å². The number of imidazole rings is 1. The number of nitrogens with zero attached hydrogens (tertiary/aromatic N) is 9. The highest BCUT2D eigenvalue weighted by Gasteiger charge is 2.32. The van der Waals surface area contributed by atoms with Gasteiger partial charge in [0.15, 0.2) is 11.5 Å². The summed E-state index contributed by atoms with van der Waals surface area (Å²) in [5.41, 5.74) is 3.95. The summed E-state index contributed by atoms with van der Waals surface area (Å²) in [5.74, 6) is 1.13. The first-order valence-electron chi connectivity index (χ1n) is 21.5. The SMILES string of the molecule is C=CCn1c(=O)c2cnc(Nc3ccc(N4CCC(CN5CCC(c6ccc7c(c6)n(C)c(=O)n7C6CCC(=O)NC6=O)CC5)CC4)cc3)nc2n1-c1cccc(C(C)(C)O)n1. The molecule has 3 fully saturated rings. The van der Waals surface area contributed by atoms with Crippen molar-refractivity contribution in [2.75, 3.05) is 42.9 Å². The molecule has 3 aliphatic rings. The van der Waals surface area contributed by atoms with Gasteiger partial charge in [-0.3, -0.25) is 28.8 Å². The van der Waals surface area contributed by atoms with Crippen molar-refractivity contribution in [2.45, 2.75) is 76.5 Å². The van der Waals surface area contributed by atoms with Crippen molar-refractivity contribution in [1.82, 2.24) is 43.7 Å². The molecule has 2 amide bonds. The number of benzene rings is 2. The molecule has 0 aliphatic carbocycles. The first-order valence-corrected chi connectivity index (χ1v) is 21.5. The molecule has 0 saturated carbocycles. The normalized spacial score (nSPS) is 18.5. The summed E-state index contributed by atoms with van der Waals surface area (Å²) in [7, 11) is 1.75. The zero-order chi connectivity index (χ0) is 43.3. The number of aromatic nitrogens is 7. The molecular weight excluding hydrogens is 787 g/mol. The third-order valence-electron chi connectivity index (χ3n) is 12.9. The number of aryl methyl sites for hydroxylation is 1. The number of carbonyl (C=O) groups excluding carboxylic acids is 2. The molecule has 62 heavy (non-hydrogen) atoms. The number of anilines is 3. The molecule has 3 N–H and O–H groups in total. The van der Waals surface area contributed by atoms with Gasteiger partial charge in [0.25, 0.3) is 5.56 Å². The van der Waals surface area contributed by atoms with Gasteiger partial charge in [-0.05, 0) is 125 Å². The predicted molar refractivity (Wildman–Crippen MR) is 238 cm³/mol. The monoisotopic (exact) mass is 839 g/mol. The van der Waals surface area contributed by atoms with Crippen molar-refractivity contribution >= 4 is 51.2 Å². The molecule has 9 rings (SSSR count). The lowest BCUT2D eigenvalue weighted by atomic mass is 9.88. The van der Waals surface area contributed by atoms with Gasteiger partial charge in [-0.15, -0.1) is 6.58 Å². The molecule has 16 heteroatoms. The summed E-state index contributed by atoms with van der Waals surface area (Å²) in [5, 5.41) is 16.7. The number of imide groups is 1. The third kappa shape index (κ3) is 7.84. The third-order valence-corrected chi connectivity index (χ3v) is 12.9. The summed E-state index contributed by atoms with van der Waals surface area (Å²) < 4.78 is 6.33. The molecular formula is C46H53N11O5. The predicted octanol–water partition coefficient (Wildman–Crippen LogP) is 4.86. The van der Waals surface area contributed by atoms with Crippen molar-refractivity contribution in [3.63, 3.8) is 0 Å². The molecule has 16 nitrogen and oxygen atoms in total. The molecule has 1 unspecified atom stereocenters. The van der Waals surface area contributed by atoms with Crippen LogP contribution in [-0.2, 0) is 28.8 Å². The second-order valence-corrected chi connectivity index (χ2v) is 17.5. The fraction of sp³-hybridized carbons (Fsp3) is 0.413. The van der Waals surface area contributed by atoms with Crippen LogP contribution in [0.3, 0.4) is 0 Å². The molecule has 3 saturated heterocycles. The van der Waals surface area contributed by atoms with Crippen LogP contribution in [0.4, 0.5) is 17.3 Å². The number of hydrogen-bond donors (Lipinski definition) is 3. The Morgan fingerprint density at radius 2 is 1.68 bits per heavy atom. The smallest absolute Gasteiger partial charge is 0.329 e. The minimum absolute atomic E-state index is 0.223. The molecule has 1 atom stereocenters. The Morgan fingerprint density at radius 1 is 0.919 bits per heavy atom. The molecule has 6 aromatic rings. The fourth-order valence-corrected chi connectivity index (χ4v) is 9.43. The van der Waals surface area contributed by atoms with Gasteiger partial charge in [0.2, 0.25) is 17.8 Å². The van der Waals surface area contributed by atoms with Gasteiger partial charge < -0.3 is 20.2 Å². The summed E-state index contributed by atoms with van der Waals surface area (Å²) >= 11 is 0. The van der Waals surface area contributed by atoms with Crippen LogP contribution >= 0.6 is 0 Å². The van der Waals surface area contributed by atoms with E-state index in [-0.39, 0.29) is 30.1 Å². The standard InChI is InChI=1S/C46H53N11O5/c1-5-21-55-43(60)34-27-47-44(51-41(34)57(55)39-8-6-7-38(49-39)46(2,3)62)48-32-10-12-33(13-11-32)54-24-17-29(18-25-54)28-53-22-19-30(20-23-53)31-9-14-35-37(26-31)52(4)45(61)56(35)36-15-16-40(58)50-42(36)59/h5-14,26-27,29-30,36,62H,1,15-25,28H2,2-4H3,(H,47,48,51)(H,50,58,59). The first-order chi connectivity index (χ1) is 29.9. The van der Waals surface area contributed by atoms with Gasteiger partial charge in [-0.2, -0.15) is 4.98 Å². The maximum Gasteiger partial charge on any atom is 0.329 e. The van der Waals surface area contributed by atoms with E-state index in [2.05, 4.69) is 61.2 Å². The Balaban J connectivity index is 0.795. The van der Waals surface area contributed by atoms with Gasteiger partial charge in [0.05, 0.1) is 23.3 Å². The number of rotatable bonds is 11. The van der Waals surface area contributed by atoms with Crippen molar-refractivity contribution in [3.8, 4) is 5.82 Å². The topological polar surface area (TPSA) is 177 Å². The van der Waals surface area contributed by atoms with Crippen molar-refractivity contribution in [1.29, 1.82) is 0 Å². The number of pyridine rings is 1. The molecule has 7 heterocycles. The van der Waals surface area contributed by atoms with E-state index in [0.717, 1.165) is 75.1 Å². The van der Waals surface area contributed by atoms with E-state index in [1.165, 1.54) is 22.1 Å². The van der Waals surface area contributed by atoms with Crippen LogP contribution in [0, 0.1) is 5.92 Å². The zero-order valence-corrected chi connectivity index (χ0v) is 35.5. The highest BCUT2D eigenvalue weighted by atomic mass is 16.3. The van der Waals surface area contributed by atoms with Crippen molar-refractivity contribution < 1.29 is 14.7 Å². The fourth-order valence-electron chi connectivity index (χ4n) is 9.43. The molecule has 2 aromatic carbocycles. The molecule has 3 aliphatic heterocycles. The molecule has 4 aromatic heterocycles. The van der Waals surface area contributed by atoms with E-state index in [4.69, 9.17) is 4.98 Å². The largest absolute Gasteiger partial charge is 0.384 e. The lowest BCUT2D eigenvalue weighted by molar-refractivity contribution is -0.135. The minimum atomic E-state index is -1.17. The van der Waals surface area contributed by atoms with E-state index >= 15 is 0 Å². The van der Waals surface area contributed by atoms with Gasteiger partial charge in [-0.1, -0.05) is 18.2 Å². The minimum Gasteiger partial charge on any atom is -0.384 e. The number of aliphatic hydroxyl groups is 1. The van der Waals surface area contributed by atoms with Crippen LogP contribution in [0.1, 0.15) is 75.6 Å². The Bertz CT molecular complexity index is 2800. The number of allylic oxidation sites excluding steroid dienone is 1. The number of likely N-dealkylation sites (tertiary alicyclic amines) is 1. The van der Waals surface area contributed by atoms with E-state index < -0.39 is 17.6 Å². The summed E-state index contributed by atoms with van der Waals surface area (Å²) in [6.07, 6.45) is 8.09. The summed E-state index contributed by atoms with van der Waals surface area (Å²) in [6.45, 7) is 12.6. The molecule has 322 valence electrons. The van der Waals surface area contributed by atoms with E-state index in [1.807, 2.05) is 18.2 Å². The van der Waals surface area contributed by atoms with Crippen LogP contribution in [0.5, 0.6) is 0 Å². The highest BCUT2D eigenvalue weighted by molar-refractivity contribution is 6.00. The lowest BCUT2D eigenvalue weighted by Crippen LogP contribution is -2.44. The Morgan fingerprint density at radius 3 is 2.39 bits per heavy atom. The number of piperidine rings is 3. The van der Waals surface area contributed by atoms with E-state index in [0.29, 0.717) is 46.8 Å². The van der Waals surface area contributed by atoms with Crippen LogP contribution in [-0.4, -0.2) is 88.0 Å². The second-order valence-electron chi connectivity index (χ2n) is 17.5. The zero-order valence-electron chi connectivity index (χ0n) is 35.5. The van der Waals surface area contributed by atoms with E-state index in [9.17, 15) is 24.3 Å². The van der Waals surface area contributed by atoms with E-state index in [1.54, 1.807) is 59.0 Å². The van der Waals surface area contributed by atoms with Crippen molar-refractivity contribution in [3.05, 3.63) is 112 Å². The molecule has 0 spiro atoms. The maximum absolute atomic E-state index is 13.4. The Kier molecular flexibility index (Phi) is 10.9. The second kappa shape index (κ2) is 16.5. The summed E-state index contributed by atoms with van der Waals surface area (Å²) in [6, 6.07) is 19.1. The van der Waals surface area contributed by atoms with Crippen LogP contribution in [0.25, 0.3) is 27.9 Å². The quantitative estimate of drug-likeness (QED) is 0.120. The van der Waals surface area contributed by atoms with Gasteiger partial charge >= 0.3 is 5.69 Å².